The predicted octanol–water partition coefficient (Wildman–Crippen LogP) is 2.78. The molecule has 0 amide bonds. The van der Waals surface area contributed by atoms with Gasteiger partial charge < -0.3 is 0 Å². The number of nitrogens with zero attached hydrogens (tertiary/aromatic N) is 1. The number of nitrogens with one attached hydrogen (secondary N) is 1. The molecule has 116 valence electrons. The van der Waals surface area contributed by atoms with Crippen LogP contribution < -0.4 is 4.72 Å². The molecule has 0 aliphatic heterocycles. The van der Waals surface area contributed by atoms with Crippen molar-refractivity contribution in [2.45, 2.75) is 45.1 Å². The summed E-state index contributed by atoms with van der Waals surface area (Å²) in [5.74, 6) is 0.413. The molecule has 21 heavy (non-hydrogen) atoms. The van der Waals surface area contributed by atoms with Gasteiger partial charge in [-0.05, 0) is 56.4 Å². The van der Waals surface area contributed by atoms with Crippen LogP contribution in [0.4, 0.5) is 4.39 Å². The lowest BCUT2D eigenvalue weighted by molar-refractivity contribution is 0.332. The number of halogens is 1. The number of sulfonamides is 1. The van der Waals surface area contributed by atoms with Crippen LogP contribution >= 0.6 is 0 Å². The standard InChI is InChI=1S/C15H21FN2O2S/c1-11(13-4-7-17-9-14(13)16)18-21(19,20)10-15-5-2-12(8-15)3-6-15/h4,7,9,11-12,18H,2-3,5-6,8,10H2,1H3. The summed E-state index contributed by atoms with van der Waals surface area (Å²) in [7, 11) is -3.41. The second-order valence-corrected chi connectivity index (χ2v) is 8.40. The molecule has 1 heterocycles. The lowest BCUT2D eigenvalue weighted by Gasteiger charge is -2.27. The first-order chi connectivity index (χ1) is 9.89. The highest BCUT2D eigenvalue weighted by molar-refractivity contribution is 7.89. The van der Waals surface area contributed by atoms with Crippen LogP contribution in [0.1, 0.15) is 50.6 Å². The molecule has 0 aromatic carbocycles. The molecule has 4 nitrogen and oxygen atoms in total. The molecule has 0 radical (unpaired) electrons. The minimum absolute atomic E-state index is 0.0347. The third kappa shape index (κ3) is 3.11. The zero-order valence-electron chi connectivity index (χ0n) is 12.2. The smallest absolute Gasteiger partial charge is 0.212 e. The predicted molar refractivity (Wildman–Crippen MR) is 78.5 cm³/mol. The van der Waals surface area contributed by atoms with E-state index in [1.807, 2.05) is 0 Å². The van der Waals surface area contributed by atoms with Crippen LogP contribution in [0.2, 0.25) is 0 Å². The fraction of sp³-hybridized carbons (Fsp3) is 0.667. The zero-order valence-corrected chi connectivity index (χ0v) is 13.0. The van der Waals surface area contributed by atoms with Gasteiger partial charge in [-0.1, -0.05) is 0 Å². The van der Waals surface area contributed by atoms with Crippen LogP contribution in [-0.4, -0.2) is 19.2 Å². The summed E-state index contributed by atoms with van der Waals surface area (Å²) in [6, 6.07) is 0.940. The zero-order chi connectivity index (χ0) is 15.1. The van der Waals surface area contributed by atoms with E-state index in [0.29, 0.717) is 5.56 Å². The summed E-state index contributed by atoms with van der Waals surface area (Å²) in [6.45, 7) is 1.67. The maximum atomic E-state index is 13.7. The molecular formula is C15H21FN2O2S. The Morgan fingerprint density at radius 2 is 2.19 bits per heavy atom. The van der Waals surface area contributed by atoms with Crippen molar-refractivity contribution in [2.24, 2.45) is 11.3 Å². The van der Waals surface area contributed by atoms with Gasteiger partial charge in [0, 0.05) is 17.8 Å². The van der Waals surface area contributed by atoms with E-state index in [1.165, 1.54) is 12.3 Å². The highest BCUT2D eigenvalue weighted by Gasteiger charge is 2.47. The maximum Gasteiger partial charge on any atom is 0.212 e. The van der Waals surface area contributed by atoms with Gasteiger partial charge in [0.2, 0.25) is 10.0 Å². The topological polar surface area (TPSA) is 59.1 Å². The summed E-state index contributed by atoms with van der Waals surface area (Å²) in [5, 5.41) is 0. The Bertz CT molecular complexity index is 624. The van der Waals surface area contributed by atoms with Crippen molar-refractivity contribution in [3.8, 4) is 0 Å². The van der Waals surface area contributed by atoms with Crippen molar-refractivity contribution < 1.29 is 12.8 Å². The first-order valence-electron chi connectivity index (χ1n) is 7.49. The maximum absolute atomic E-state index is 13.7. The van der Waals surface area contributed by atoms with Gasteiger partial charge in [-0.25, -0.2) is 17.5 Å². The van der Waals surface area contributed by atoms with Crippen LogP contribution in [0.15, 0.2) is 18.5 Å². The fourth-order valence-electron chi connectivity index (χ4n) is 4.03. The molecule has 1 unspecified atom stereocenters. The minimum Gasteiger partial charge on any atom is -0.262 e. The van der Waals surface area contributed by atoms with Gasteiger partial charge in [0.15, 0.2) is 0 Å². The normalized spacial score (nSPS) is 29.7. The number of hydrogen-bond acceptors (Lipinski definition) is 3. The van der Waals surface area contributed by atoms with Gasteiger partial charge in [-0.2, -0.15) is 0 Å². The number of pyridine rings is 1. The van der Waals surface area contributed by atoms with Gasteiger partial charge in [0.25, 0.3) is 0 Å². The van der Waals surface area contributed by atoms with Crippen molar-refractivity contribution in [3.05, 3.63) is 29.8 Å². The van der Waals surface area contributed by atoms with Crippen LogP contribution in [0.5, 0.6) is 0 Å². The van der Waals surface area contributed by atoms with Gasteiger partial charge >= 0.3 is 0 Å². The van der Waals surface area contributed by atoms with Crippen LogP contribution in [-0.2, 0) is 10.0 Å². The average Bonchev–Trinajstić information content (AvgIpc) is 2.97. The van der Waals surface area contributed by atoms with Crippen molar-refractivity contribution in [2.75, 3.05) is 5.75 Å². The number of fused-ring (bicyclic) bond motifs is 2. The number of hydrogen-bond donors (Lipinski definition) is 1. The third-order valence-corrected chi connectivity index (χ3v) is 6.72. The van der Waals surface area contributed by atoms with E-state index in [0.717, 1.165) is 44.2 Å². The highest BCUT2D eigenvalue weighted by Crippen LogP contribution is 2.54. The van der Waals surface area contributed by atoms with E-state index < -0.39 is 21.9 Å². The fourth-order valence-corrected chi connectivity index (χ4v) is 5.99. The summed E-state index contributed by atoms with van der Waals surface area (Å²) in [6.07, 6.45) is 7.95. The van der Waals surface area contributed by atoms with Crippen molar-refractivity contribution in [1.82, 2.24) is 9.71 Å². The lowest BCUT2D eigenvalue weighted by Crippen LogP contribution is -2.36. The van der Waals surface area contributed by atoms with Gasteiger partial charge in [-0.15, -0.1) is 0 Å². The molecule has 1 N–H and O–H groups in total. The van der Waals surface area contributed by atoms with Crippen molar-refractivity contribution in [3.63, 3.8) is 0 Å². The van der Waals surface area contributed by atoms with E-state index >= 15 is 0 Å². The first-order valence-corrected chi connectivity index (χ1v) is 9.14. The molecular weight excluding hydrogens is 291 g/mol. The summed E-state index contributed by atoms with van der Waals surface area (Å²) >= 11 is 0. The lowest BCUT2D eigenvalue weighted by atomic mass is 9.87. The molecule has 2 saturated carbocycles. The minimum atomic E-state index is -3.41. The molecule has 6 heteroatoms. The van der Waals surface area contributed by atoms with E-state index in [4.69, 9.17) is 0 Å². The quantitative estimate of drug-likeness (QED) is 0.909. The summed E-state index contributed by atoms with van der Waals surface area (Å²) < 4.78 is 41.1. The number of rotatable bonds is 5. The Kier molecular flexibility index (Phi) is 3.78. The summed E-state index contributed by atoms with van der Waals surface area (Å²) in [4.78, 5) is 3.68. The molecule has 0 saturated heterocycles. The van der Waals surface area contributed by atoms with E-state index in [9.17, 15) is 12.8 Å². The first kappa shape index (κ1) is 14.9. The van der Waals surface area contributed by atoms with Gasteiger partial charge in [0.1, 0.15) is 5.82 Å². The largest absolute Gasteiger partial charge is 0.262 e. The molecule has 1 atom stereocenters. The highest BCUT2D eigenvalue weighted by atomic mass is 32.2. The molecule has 1 aromatic heterocycles. The van der Waals surface area contributed by atoms with Gasteiger partial charge in [-0.3, -0.25) is 4.98 Å². The van der Waals surface area contributed by atoms with Crippen LogP contribution in [0.3, 0.4) is 0 Å². The van der Waals surface area contributed by atoms with Crippen LogP contribution in [0, 0.1) is 17.2 Å². The Hall–Kier alpha value is -1.01. The third-order valence-electron chi connectivity index (χ3n) is 5.01. The molecule has 2 aliphatic rings. The molecule has 2 fully saturated rings. The Morgan fingerprint density at radius 1 is 1.48 bits per heavy atom. The summed E-state index contributed by atoms with van der Waals surface area (Å²) in [5.41, 5.74) is 0.300. The van der Waals surface area contributed by atoms with Gasteiger partial charge in [0.05, 0.1) is 11.9 Å². The Morgan fingerprint density at radius 3 is 2.76 bits per heavy atom. The van der Waals surface area contributed by atoms with E-state index in [1.54, 1.807) is 6.92 Å². The second-order valence-electron chi connectivity index (χ2n) is 6.64. The molecule has 1 aromatic rings. The average molecular weight is 312 g/mol. The Balaban J connectivity index is 1.70. The molecule has 3 rings (SSSR count). The van der Waals surface area contributed by atoms with E-state index in [-0.39, 0.29) is 11.2 Å². The van der Waals surface area contributed by atoms with Crippen molar-refractivity contribution in [1.29, 1.82) is 0 Å². The monoisotopic (exact) mass is 312 g/mol. The Labute approximate surface area is 125 Å². The van der Waals surface area contributed by atoms with E-state index in [2.05, 4.69) is 9.71 Å². The molecule has 0 spiro atoms. The van der Waals surface area contributed by atoms with Crippen molar-refractivity contribution >= 4 is 10.0 Å². The second kappa shape index (κ2) is 5.32. The SMILES string of the molecule is CC(NS(=O)(=O)CC12CCC(CC1)C2)c1ccncc1F. The molecule has 2 aliphatic carbocycles. The van der Waals surface area contributed by atoms with Crippen LogP contribution in [0.25, 0.3) is 0 Å². The number of aromatic nitrogens is 1. The molecule has 2 bridgehead atoms.